The van der Waals surface area contributed by atoms with Crippen molar-refractivity contribution in [2.75, 3.05) is 12.8 Å². The van der Waals surface area contributed by atoms with E-state index in [1.165, 1.54) is 59.8 Å². The van der Waals surface area contributed by atoms with Crippen LogP contribution in [0, 0.1) is 11.6 Å². The fourth-order valence-corrected chi connectivity index (χ4v) is 5.48. The maximum Gasteiger partial charge on any atom is 0.348 e. The lowest BCUT2D eigenvalue weighted by molar-refractivity contribution is 0.0606. The Labute approximate surface area is 228 Å². The van der Waals surface area contributed by atoms with E-state index in [-0.39, 0.29) is 33.7 Å². The topological polar surface area (TPSA) is 126 Å². The molecule has 1 atom stereocenters. The predicted molar refractivity (Wildman–Crippen MR) is 146 cm³/mol. The van der Waals surface area contributed by atoms with Crippen LogP contribution in [0.5, 0.6) is 0 Å². The molecule has 0 fully saturated rings. The number of rotatable bonds is 5. The first kappa shape index (κ1) is 25.3. The van der Waals surface area contributed by atoms with Crippen LogP contribution in [0.15, 0.2) is 69.5 Å². The molecule has 4 aromatic heterocycles. The quantitative estimate of drug-likeness (QED) is 0.271. The van der Waals surface area contributed by atoms with Gasteiger partial charge in [0, 0.05) is 10.9 Å². The average molecular weight is 560 g/mol. The van der Waals surface area contributed by atoms with E-state index in [2.05, 4.69) is 9.97 Å². The Morgan fingerprint density at radius 2 is 1.90 bits per heavy atom. The molecule has 0 saturated heterocycles. The van der Waals surface area contributed by atoms with E-state index in [1.54, 1.807) is 24.4 Å². The van der Waals surface area contributed by atoms with Crippen molar-refractivity contribution >= 4 is 45.1 Å². The molecule has 0 aliphatic carbocycles. The monoisotopic (exact) mass is 559 g/mol. The summed E-state index contributed by atoms with van der Waals surface area (Å²) < 4.78 is 41.5. The van der Waals surface area contributed by atoms with Gasteiger partial charge in [-0.05, 0) is 42.8 Å². The minimum atomic E-state index is -0.803. The molecular formula is C28H19F2N5O4S. The molecule has 6 rings (SSSR count). The van der Waals surface area contributed by atoms with Gasteiger partial charge in [0.2, 0.25) is 5.43 Å². The fourth-order valence-electron chi connectivity index (χ4n) is 4.67. The standard InChI is InChI=1S/C28H19F2N5O4S/c1-13(25-20(14-5-3-6-16(29)9-14)24(36)21-17(30)7-4-8-18(21)39-25)35-27-22(26(31)32-12-33-27)23(34-35)15-10-19(40-11-15)28(37)38-2/h3-13H,1-2H3,(H2,31,32,33). The summed E-state index contributed by atoms with van der Waals surface area (Å²) in [6.07, 6.45) is 1.28. The van der Waals surface area contributed by atoms with Gasteiger partial charge in [-0.3, -0.25) is 4.79 Å². The van der Waals surface area contributed by atoms with E-state index in [1.807, 2.05) is 0 Å². The third-order valence-electron chi connectivity index (χ3n) is 6.53. The van der Waals surface area contributed by atoms with Crippen LogP contribution in [0.4, 0.5) is 14.6 Å². The molecule has 0 saturated carbocycles. The molecule has 1 unspecified atom stereocenters. The Kier molecular flexibility index (Phi) is 6.11. The van der Waals surface area contributed by atoms with Crippen molar-refractivity contribution in [3.8, 4) is 22.4 Å². The maximum atomic E-state index is 14.8. The van der Waals surface area contributed by atoms with Gasteiger partial charge < -0.3 is 14.9 Å². The molecule has 12 heteroatoms. The summed E-state index contributed by atoms with van der Waals surface area (Å²) in [6.45, 7) is 1.72. The number of fused-ring (bicyclic) bond motifs is 2. The number of carbonyl (C=O) groups excluding carboxylic acids is 1. The zero-order valence-electron chi connectivity index (χ0n) is 21.0. The van der Waals surface area contributed by atoms with Gasteiger partial charge in [-0.15, -0.1) is 11.3 Å². The first-order valence-corrected chi connectivity index (χ1v) is 12.8. The van der Waals surface area contributed by atoms with Crippen molar-refractivity contribution in [2.24, 2.45) is 0 Å². The second kappa shape index (κ2) is 9.65. The van der Waals surface area contributed by atoms with E-state index in [0.717, 1.165) is 6.07 Å². The maximum absolute atomic E-state index is 14.8. The Morgan fingerprint density at radius 1 is 1.10 bits per heavy atom. The number of hydrogen-bond donors (Lipinski definition) is 1. The molecule has 0 spiro atoms. The molecule has 2 N–H and O–H groups in total. The van der Waals surface area contributed by atoms with Gasteiger partial charge >= 0.3 is 5.97 Å². The molecule has 0 radical (unpaired) electrons. The van der Waals surface area contributed by atoms with Crippen molar-refractivity contribution in [3.63, 3.8) is 0 Å². The molecule has 0 aliphatic rings. The molecule has 0 bridgehead atoms. The summed E-state index contributed by atoms with van der Waals surface area (Å²) >= 11 is 1.17. The van der Waals surface area contributed by atoms with E-state index < -0.39 is 29.1 Å². The Morgan fingerprint density at radius 3 is 2.67 bits per heavy atom. The molecule has 40 heavy (non-hydrogen) atoms. The van der Waals surface area contributed by atoms with Gasteiger partial charge in [0.15, 0.2) is 5.65 Å². The number of nitrogens with zero attached hydrogens (tertiary/aromatic N) is 4. The highest BCUT2D eigenvalue weighted by Crippen LogP contribution is 2.37. The van der Waals surface area contributed by atoms with Crippen molar-refractivity contribution in [2.45, 2.75) is 13.0 Å². The highest BCUT2D eigenvalue weighted by Gasteiger charge is 2.28. The number of thiophene rings is 1. The van der Waals surface area contributed by atoms with Crippen molar-refractivity contribution < 1.29 is 22.7 Å². The van der Waals surface area contributed by atoms with Crippen LogP contribution >= 0.6 is 11.3 Å². The van der Waals surface area contributed by atoms with Crippen LogP contribution < -0.4 is 11.2 Å². The van der Waals surface area contributed by atoms with E-state index in [0.29, 0.717) is 27.2 Å². The molecule has 0 amide bonds. The van der Waals surface area contributed by atoms with Crippen LogP contribution in [-0.2, 0) is 4.74 Å². The average Bonchev–Trinajstić information content (AvgIpc) is 3.58. The number of nitrogen functional groups attached to an aromatic ring is 1. The second-order valence-electron chi connectivity index (χ2n) is 8.91. The highest BCUT2D eigenvalue weighted by molar-refractivity contribution is 7.12. The number of halogens is 2. The number of nitrogens with two attached hydrogens (primary N) is 1. The minimum absolute atomic E-state index is 0.0136. The molecule has 0 aliphatic heterocycles. The summed E-state index contributed by atoms with van der Waals surface area (Å²) in [5.41, 5.74) is 7.12. The number of aromatic nitrogens is 4. The van der Waals surface area contributed by atoms with Crippen molar-refractivity contribution in [1.82, 2.24) is 19.7 Å². The molecule has 6 aromatic rings. The number of ether oxygens (including phenoxy) is 1. The van der Waals surface area contributed by atoms with Crippen molar-refractivity contribution in [1.29, 1.82) is 0 Å². The molecule has 9 nitrogen and oxygen atoms in total. The zero-order chi connectivity index (χ0) is 28.1. The van der Waals surface area contributed by atoms with Gasteiger partial charge in [-0.1, -0.05) is 18.2 Å². The smallest absolute Gasteiger partial charge is 0.348 e. The van der Waals surface area contributed by atoms with Gasteiger partial charge in [0.1, 0.15) is 57.1 Å². The molecule has 2 aromatic carbocycles. The third-order valence-corrected chi connectivity index (χ3v) is 7.44. The van der Waals surface area contributed by atoms with Crippen LogP contribution in [-0.4, -0.2) is 32.8 Å². The number of esters is 1. The summed E-state index contributed by atoms with van der Waals surface area (Å²) in [4.78, 5) is 34.6. The summed E-state index contributed by atoms with van der Waals surface area (Å²) in [5, 5.41) is 6.66. The highest BCUT2D eigenvalue weighted by atomic mass is 32.1. The summed E-state index contributed by atoms with van der Waals surface area (Å²) in [5.74, 6) is -1.56. The first-order chi connectivity index (χ1) is 19.3. The third kappa shape index (κ3) is 4.00. The molecule has 200 valence electrons. The van der Waals surface area contributed by atoms with E-state index in [4.69, 9.17) is 20.0 Å². The normalized spacial score (nSPS) is 12.2. The van der Waals surface area contributed by atoms with Crippen LogP contribution in [0.3, 0.4) is 0 Å². The van der Waals surface area contributed by atoms with Crippen LogP contribution in [0.2, 0.25) is 0 Å². The molecule has 4 heterocycles. The first-order valence-electron chi connectivity index (χ1n) is 12.0. The van der Waals surface area contributed by atoms with Gasteiger partial charge in [0.25, 0.3) is 0 Å². The van der Waals surface area contributed by atoms with Gasteiger partial charge in [-0.25, -0.2) is 28.2 Å². The number of methoxy groups -OCH3 is 1. The Bertz CT molecular complexity index is 2020. The predicted octanol–water partition coefficient (Wildman–Crippen LogP) is 5.58. The largest absolute Gasteiger partial charge is 0.465 e. The minimum Gasteiger partial charge on any atom is -0.465 e. The van der Waals surface area contributed by atoms with Crippen LogP contribution in [0.25, 0.3) is 44.4 Å². The summed E-state index contributed by atoms with van der Waals surface area (Å²) in [7, 11) is 1.29. The lowest BCUT2D eigenvalue weighted by atomic mass is 9.99. The number of hydrogen-bond acceptors (Lipinski definition) is 9. The number of anilines is 1. The Hall–Kier alpha value is -4.97. The lowest BCUT2D eigenvalue weighted by Gasteiger charge is -2.17. The van der Waals surface area contributed by atoms with Gasteiger partial charge in [-0.2, -0.15) is 5.10 Å². The van der Waals surface area contributed by atoms with E-state index >= 15 is 0 Å². The van der Waals surface area contributed by atoms with Gasteiger partial charge in [0.05, 0.1) is 18.1 Å². The Balaban J connectivity index is 1.62. The SMILES string of the molecule is COC(=O)c1cc(-c2nn(C(C)c3oc4cccc(F)c4c(=O)c3-c3cccc(F)c3)c3ncnc(N)c23)cs1. The fraction of sp³-hybridized carbons (Fsp3) is 0.107. The molecular weight excluding hydrogens is 540 g/mol. The zero-order valence-corrected chi connectivity index (χ0v) is 21.8. The van der Waals surface area contributed by atoms with Crippen molar-refractivity contribution in [3.05, 3.63) is 92.7 Å². The van der Waals surface area contributed by atoms with Crippen LogP contribution in [0.1, 0.15) is 28.4 Å². The number of benzene rings is 2. The lowest BCUT2D eigenvalue weighted by Crippen LogP contribution is -2.17. The number of carbonyl (C=O) groups is 1. The van der Waals surface area contributed by atoms with E-state index in [9.17, 15) is 18.4 Å². The second-order valence-corrected chi connectivity index (χ2v) is 9.82. The summed E-state index contributed by atoms with van der Waals surface area (Å²) in [6, 6.07) is 10.3.